The summed E-state index contributed by atoms with van der Waals surface area (Å²) in [6.45, 7) is 7.16. The lowest BCUT2D eigenvalue weighted by Crippen LogP contribution is -2.57. The number of nitrogens with zero attached hydrogens (tertiary/aromatic N) is 3. The maximum absolute atomic E-state index is 13.8. The number of hydrogen-bond acceptors (Lipinski definition) is 8. The Morgan fingerprint density at radius 2 is 1.73 bits per heavy atom. The molecule has 2 aromatic carbocycles. The Labute approximate surface area is 269 Å². The molecule has 2 heterocycles. The summed E-state index contributed by atoms with van der Waals surface area (Å²) in [4.78, 5) is 19.2. The van der Waals surface area contributed by atoms with Crippen LogP contribution in [0, 0.1) is 6.92 Å². The van der Waals surface area contributed by atoms with Crippen LogP contribution in [-0.2, 0) is 31.9 Å². The van der Waals surface area contributed by atoms with Crippen LogP contribution in [0.2, 0.25) is 0 Å². The number of halogens is 5. The third-order valence-electron chi connectivity index (χ3n) is 7.79. The van der Waals surface area contributed by atoms with Gasteiger partial charge in [0.05, 0.1) is 29.8 Å². The van der Waals surface area contributed by atoms with E-state index in [0.29, 0.717) is 50.4 Å². The number of amides is 1. The standard InChI is InChI=1S/C29H38F3N3O6S.2ClH/c1-20-4-5-21(13-27(20)36)12-24-17-33(6-7-34-10-11-41-25(18-34)19-40-2)8-9-35(24)28(37)22-14-23(29(30,31)32)16-26(15-22)42(3,38)39;;/h4-5,13-16,24-25,36H,6-12,17-19H2,1-3H3;2*1H/t24-,25+;;/m1../s1. The monoisotopic (exact) mass is 685 g/mol. The molecule has 0 spiro atoms. The minimum atomic E-state index is -4.82. The van der Waals surface area contributed by atoms with Gasteiger partial charge in [-0.15, -0.1) is 24.8 Å². The summed E-state index contributed by atoms with van der Waals surface area (Å²) in [5.41, 5.74) is -0.0385. The molecular formula is C29H40Cl2F3N3O6S. The van der Waals surface area contributed by atoms with E-state index in [4.69, 9.17) is 9.47 Å². The van der Waals surface area contributed by atoms with E-state index in [1.807, 2.05) is 6.07 Å². The quantitative estimate of drug-likeness (QED) is 0.427. The molecule has 0 aliphatic carbocycles. The molecule has 2 fully saturated rings. The number of carbonyl (C=O) groups excluding carboxylic acids is 1. The molecular weight excluding hydrogens is 646 g/mol. The zero-order chi connectivity index (χ0) is 30.7. The molecule has 15 heteroatoms. The Bertz CT molecular complexity index is 1380. The van der Waals surface area contributed by atoms with Crippen molar-refractivity contribution in [1.29, 1.82) is 0 Å². The van der Waals surface area contributed by atoms with E-state index in [0.717, 1.165) is 44.1 Å². The Hall–Kier alpha value is -2.13. The van der Waals surface area contributed by atoms with Crippen LogP contribution in [-0.4, -0.2) is 119 Å². The van der Waals surface area contributed by atoms with Crippen molar-refractivity contribution in [3.8, 4) is 5.75 Å². The van der Waals surface area contributed by atoms with Crippen LogP contribution in [0.15, 0.2) is 41.3 Å². The number of phenolic OH excluding ortho intramolecular Hbond substituents is 1. The first-order valence-electron chi connectivity index (χ1n) is 13.8. The average Bonchev–Trinajstić information content (AvgIpc) is 2.93. The van der Waals surface area contributed by atoms with Gasteiger partial charge in [-0.05, 0) is 48.7 Å². The predicted octanol–water partition coefficient (Wildman–Crippen LogP) is 3.68. The van der Waals surface area contributed by atoms with E-state index < -0.39 is 38.4 Å². The zero-order valence-corrected chi connectivity index (χ0v) is 27.3. The molecule has 0 radical (unpaired) electrons. The number of methoxy groups -OCH3 is 1. The average molecular weight is 687 g/mol. The van der Waals surface area contributed by atoms with E-state index >= 15 is 0 Å². The first kappa shape index (κ1) is 38.1. The van der Waals surface area contributed by atoms with Crippen molar-refractivity contribution in [2.24, 2.45) is 0 Å². The summed E-state index contributed by atoms with van der Waals surface area (Å²) in [6, 6.07) is 7.13. The molecule has 0 unspecified atom stereocenters. The Morgan fingerprint density at radius 3 is 2.34 bits per heavy atom. The second-order valence-electron chi connectivity index (χ2n) is 11.0. The fourth-order valence-electron chi connectivity index (χ4n) is 5.44. The van der Waals surface area contributed by atoms with Crippen LogP contribution in [0.4, 0.5) is 13.2 Å². The number of aryl methyl sites for hydroxylation is 1. The smallest absolute Gasteiger partial charge is 0.416 e. The van der Waals surface area contributed by atoms with Crippen molar-refractivity contribution in [2.75, 3.05) is 72.4 Å². The maximum Gasteiger partial charge on any atom is 0.416 e. The number of phenols is 1. The van der Waals surface area contributed by atoms with Gasteiger partial charge in [0.15, 0.2) is 9.84 Å². The lowest BCUT2D eigenvalue weighted by atomic mass is 9.99. The van der Waals surface area contributed by atoms with Gasteiger partial charge in [0.2, 0.25) is 0 Å². The Morgan fingerprint density at radius 1 is 1.05 bits per heavy atom. The van der Waals surface area contributed by atoms with Gasteiger partial charge in [-0.2, -0.15) is 13.2 Å². The molecule has 1 amide bonds. The van der Waals surface area contributed by atoms with Gasteiger partial charge in [-0.25, -0.2) is 8.42 Å². The van der Waals surface area contributed by atoms with E-state index in [2.05, 4.69) is 9.80 Å². The van der Waals surface area contributed by atoms with E-state index in [1.54, 1.807) is 26.2 Å². The van der Waals surface area contributed by atoms with Gasteiger partial charge in [-0.3, -0.25) is 14.6 Å². The first-order chi connectivity index (χ1) is 19.7. The van der Waals surface area contributed by atoms with E-state index in [-0.39, 0.29) is 48.8 Å². The Balaban J connectivity index is 0.00000337. The number of benzene rings is 2. The lowest BCUT2D eigenvalue weighted by Gasteiger charge is -2.43. The summed E-state index contributed by atoms with van der Waals surface area (Å²) < 4.78 is 76.3. The van der Waals surface area contributed by atoms with Crippen LogP contribution < -0.4 is 0 Å². The third kappa shape index (κ3) is 9.93. The molecule has 0 saturated carbocycles. The van der Waals surface area contributed by atoms with Crippen molar-refractivity contribution >= 4 is 40.6 Å². The van der Waals surface area contributed by atoms with Crippen LogP contribution in [0.3, 0.4) is 0 Å². The van der Waals surface area contributed by atoms with E-state index in [9.17, 15) is 31.5 Å². The highest BCUT2D eigenvalue weighted by Gasteiger charge is 2.36. The molecule has 2 aliphatic heterocycles. The summed E-state index contributed by atoms with van der Waals surface area (Å²) in [6.07, 6.45) is -3.64. The van der Waals surface area contributed by atoms with Crippen LogP contribution in [0.5, 0.6) is 5.75 Å². The lowest BCUT2D eigenvalue weighted by molar-refractivity contribution is -0.137. The minimum absolute atomic E-state index is 0. The summed E-state index contributed by atoms with van der Waals surface area (Å²) in [5, 5.41) is 10.3. The third-order valence-corrected chi connectivity index (χ3v) is 8.88. The van der Waals surface area contributed by atoms with Crippen molar-refractivity contribution in [1.82, 2.24) is 14.7 Å². The second-order valence-corrected chi connectivity index (χ2v) is 13.1. The molecule has 248 valence electrons. The molecule has 2 aliphatic rings. The highest BCUT2D eigenvalue weighted by atomic mass is 35.5. The van der Waals surface area contributed by atoms with Gasteiger partial charge in [-0.1, -0.05) is 12.1 Å². The largest absolute Gasteiger partial charge is 0.508 e. The normalized spacial score (nSPS) is 20.1. The van der Waals surface area contributed by atoms with Crippen molar-refractivity contribution < 1.29 is 41.0 Å². The number of carbonyl (C=O) groups is 1. The van der Waals surface area contributed by atoms with Gasteiger partial charge in [0.1, 0.15) is 5.75 Å². The number of aromatic hydroxyl groups is 1. The molecule has 44 heavy (non-hydrogen) atoms. The number of alkyl halides is 3. The highest BCUT2D eigenvalue weighted by molar-refractivity contribution is 7.90. The highest BCUT2D eigenvalue weighted by Crippen LogP contribution is 2.33. The Kier molecular flexibility index (Phi) is 13.8. The second kappa shape index (κ2) is 15.9. The van der Waals surface area contributed by atoms with Crippen LogP contribution >= 0.6 is 24.8 Å². The molecule has 4 rings (SSSR count). The maximum atomic E-state index is 13.8. The number of sulfone groups is 1. The minimum Gasteiger partial charge on any atom is -0.508 e. The molecule has 2 saturated heterocycles. The molecule has 2 aromatic rings. The molecule has 9 nitrogen and oxygen atoms in total. The van der Waals surface area contributed by atoms with Crippen LogP contribution in [0.25, 0.3) is 0 Å². The first-order valence-corrected chi connectivity index (χ1v) is 15.7. The van der Waals surface area contributed by atoms with E-state index in [1.165, 1.54) is 4.90 Å². The van der Waals surface area contributed by atoms with Gasteiger partial charge >= 0.3 is 6.18 Å². The van der Waals surface area contributed by atoms with Crippen molar-refractivity contribution in [3.05, 3.63) is 58.7 Å². The molecule has 1 N–H and O–H groups in total. The van der Waals surface area contributed by atoms with Crippen LogP contribution in [0.1, 0.15) is 27.0 Å². The number of morpholine rings is 1. The number of rotatable bonds is 9. The summed E-state index contributed by atoms with van der Waals surface area (Å²) in [5.74, 6) is -0.547. The van der Waals surface area contributed by atoms with Crippen molar-refractivity contribution in [2.45, 2.75) is 36.6 Å². The summed E-state index contributed by atoms with van der Waals surface area (Å²) >= 11 is 0. The number of ether oxygens (including phenoxy) is 2. The summed E-state index contributed by atoms with van der Waals surface area (Å²) in [7, 11) is -2.37. The number of piperazine rings is 1. The van der Waals surface area contributed by atoms with Gasteiger partial charge < -0.3 is 19.5 Å². The number of hydrogen-bond donors (Lipinski definition) is 1. The van der Waals surface area contributed by atoms with Gasteiger partial charge in [0.25, 0.3) is 5.91 Å². The molecule has 2 atom stereocenters. The fourth-order valence-corrected chi connectivity index (χ4v) is 6.12. The topological polar surface area (TPSA) is 99.6 Å². The SMILES string of the molecule is COC[C@@H]1CN(CCN2CCN(C(=O)c3cc(C(F)(F)F)cc(S(C)(=O)=O)c3)[C@H](Cc3ccc(C)c(O)c3)C2)CCO1.Cl.Cl. The zero-order valence-electron chi connectivity index (χ0n) is 24.9. The molecule has 0 aromatic heterocycles. The fraction of sp³-hybridized carbons (Fsp3) is 0.552. The van der Waals surface area contributed by atoms with Gasteiger partial charge in [0, 0.05) is 70.8 Å². The predicted molar refractivity (Wildman–Crippen MR) is 165 cm³/mol. The molecule has 0 bridgehead atoms. The van der Waals surface area contributed by atoms with Crippen molar-refractivity contribution in [3.63, 3.8) is 0 Å².